The van der Waals surface area contributed by atoms with E-state index in [2.05, 4.69) is 5.32 Å². The van der Waals surface area contributed by atoms with Crippen LogP contribution in [0.5, 0.6) is 0 Å². The number of rotatable bonds is 3. The molecule has 5 nitrogen and oxygen atoms in total. The highest BCUT2D eigenvalue weighted by atomic mass is 16.5. The summed E-state index contributed by atoms with van der Waals surface area (Å²) in [5, 5.41) is 12.3. The smallest absolute Gasteiger partial charge is 0.323 e. The number of nitrogens with one attached hydrogen (secondary N) is 1. The summed E-state index contributed by atoms with van der Waals surface area (Å²) in [5.41, 5.74) is 0. The molecule has 0 amide bonds. The largest absolute Gasteiger partial charge is 0.461 e. The maximum atomic E-state index is 11.8. The number of hydrogen-bond donors (Lipinski definition) is 2. The molecule has 0 aromatic carbocycles. The predicted octanol–water partition coefficient (Wildman–Crippen LogP) is 0.210. The van der Waals surface area contributed by atoms with Crippen LogP contribution in [0.3, 0.4) is 0 Å². The van der Waals surface area contributed by atoms with Crippen molar-refractivity contribution in [2.24, 2.45) is 0 Å². The van der Waals surface area contributed by atoms with Crippen LogP contribution in [0.25, 0.3) is 0 Å². The molecule has 1 aliphatic heterocycles. The van der Waals surface area contributed by atoms with E-state index in [-0.39, 0.29) is 24.2 Å². The van der Waals surface area contributed by atoms with Crippen LogP contribution in [0.2, 0.25) is 0 Å². The van der Waals surface area contributed by atoms with Gasteiger partial charge >= 0.3 is 5.97 Å². The van der Waals surface area contributed by atoms with Gasteiger partial charge in [-0.2, -0.15) is 0 Å². The van der Waals surface area contributed by atoms with Gasteiger partial charge in [-0.3, -0.25) is 4.79 Å². The zero-order valence-electron chi connectivity index (χ0n) is 10.2. The van der Waals surface area contributed by atoms with Crippen molar-refractivity contribution in [3.63, 3.8) is 0 Å². The van der Waals surface area contributed by atoms with Crippen LogP contribution in [0.15, 0.2) is 0 Å². The molecule has 1 saturated carbocycles. The molecule has 2 N–H and O–H groups in total. The lowest BCUT2D eigenvalue weighted by Gasteiger charge is -2.28. The fourth-order valence-electron chi connectivity index (χ4n) is 2.57. The molecule has 4 atom stereocenters. The molecule has 0 bridgehead atoms. The number of carbonyl (C=O) groups is 1. The molecule has 4 unspecified atom stereocenters. The van der Waals surface area contributed by atoms with E-state index in [0.29, 0.717) is 13.0 Å². The highest BCUT2D eigenvalue weighted by molar-refractivity contribution is 5.76. The summed E-state index contributed by atoms with van der Waals surface area (Å²) in [6.07, 6.45) is 4.01. The van der Waals surface area contributed by atoms with Crippen molar-refractivity contribution in [2.75, 3.05) is 13.7 Å². The van der Waals surface area contributed by atoms with Crippen LogP contribution in [-0.4, -0.2) is 49.1 Å². The second kappa shape index (κ2) is 5.80. The van der Waals surface area contributed by atoms with Crippen molar-refractivity contribution in [1.29, 1.82) is 0 Å². The molecule has 0 spiro atoms. The first kappa shape index (κ1) is 12.8. The third-order valence-corrected chi connectivity index (χ3v) is 3.59. The van der Waals surface area contributed by atoms with E-state index in [9.17, 15) is 9.90 Å². The van der Waals surface area contributed by atoms with E-state index in [1.54, 1.807) is 7.11 Å². The van der Waals surface area contributed by atoms with Gasteiger partial charge < -0.3 is 19.9 Å². The van der Waals surface area contributed by atoms with Gasteiger partial charge in [0.05, 0.1) is 12.2 Å². The van der Waals surface area contributed by atoms with Gasteiger partial charge in [0.15, 0.2) is 0 Å². The Hall–Kier alpha value is -0.650. The minimum atomic E-state index is -0.425. The molecule has 98 valence electrons. The van der Waals surface area contributed by atoms with Crippen LogP contribution in [0, 0.1) is 0 Å². The zero-order valence-corrected chi connectivity index (χ0v) is 10.2. The molecule has 2 fully saturated rings. The number of esters is 1. The first-order chi connectivity index (χ1) is 8.19. The monoisotopic (exact) mass is 243 g/mol. The van der Waals surface area contributed by atoms with Crippen molar-refractivity contribution in [2.45, 2.75) is 56.5 Å². The molecule has 1 saturated heterocycles. The highest BCUT2D eigenvalue weighted by Gasteiger charge is 2.32. The van der Waals surface area contributed by atoms with Gasteiger partial charge in [0, 0.05) is 26.5 Å². The van der Waals surface area contributed by atoms with E-state index in [1.165, 1.54) is 0 Å². The molecule has 0 radical (unpaired) electrons. The van der Waals surface area contributed by atoms with Crippen LogP contribution in [0.1, 0.15) is 32.1 Å². The van der Waals surface area contributed by atoms with Gasteiger partial charge in [-0.15, -0.1) is 0 Å². The summed E-state index contributed by atoms with van der Waals surface area (Å²) in [7, 11) is 1.70. The van der Waals surface area contributed by atoms with Gasteiger partial charge in [-0.05, 0) is 19.3 Å². The van der Waals surface area contributed by atoms with Crippen molar-refractivity contribution in [1.82, 2.24) is 5.32 Å². The first-order valence-electron chi connectivity index (χ1n) is 6.33. The Morgan fingerprint density at radius 3 is 2.71 bits per heavy atom. The number of aliphatic hydroxyl groups is 1. The van der Waals surface area contributed by atoms with Crippen LogP contribution < -0.4 is 5.32 Å². The summed E-state index contributed by atoms with van der Waals surface area (Å²) in [5.74, 6) is -0.233. The van der Waals surface area contributed by atoms with Crippen molar-refractivity contribution < 1.29 is 19.4 Å². The van der Waals surface area contributed by atoms with E-state index < -0.39 is 6.10 Å². The molecule has 17 heavy (non-hydrogen) atoms. The Labute approximate surface area is 101 Å². The van der Waals surface area contributed by atoms with Crippen molar-refractivity contribution >= 4 is 5.97 Å². The molecule has 0 aromatic heterocycles. The number of methoxy groups -OCH3 is 1. The standard InChI is InChI=1S/C12H21NO4/c1-16-9-3-2-4-10(6-9)17-12(15)11-5-8(14)7-13-11/h8-11,13-14H,2-7H2,1H3. The highest BCUT2D eigenvalue weighted by Crippen LogP contribution is 2.24. The normalized spacial score (nSPS) is 38.0. The van der Waals surface area contributed by atoms with Gasteiger partial charge in [0.1, 0.15) is 12.1 Å². The predicted molar refractivity (Wildman–Crippen MR) is 61.6 cm³/mol. The summed E-state index contributed by atoms with van der Waals surface area (Å²) in [6, 6.07) is -0.340. The molecule has 2 aliphatic rings. The fourth-order valence-corrected chi connectivity index (χ4v) is 2.57. The lowest BCUT2D eigenvalue weighted by Crippen LogP contribution is -2.37. The number of aliphatic hydroxyl groups excluding tert-OH is 1. The van der Waals surface area contributed by atoms with Crippen LogP contribution in [-0.2, 0) is 14.3 Å². The average molecular weight is 243 g/mol. The molecule has 0 aromatic rings. The molecule has 5 heteroatoms. The Balaban J connectivity index is 1.78. The molecule has 1 heterocycles. The number of carbonyl (C=O) groups excluding carboxylic acids is 1. The Kier molecular flexibility index (Phi) is 4.36. The van der Waals surface area contributed by atoms with Gasteiger partial charge in [-0.25, -0.2) is 0 Å². The second-order valence-corrected chi connectivity index (χ2v) is 4.93. The van der Waals surface area contributed by atoms with Gasteiger partial charge in [0.2, 0.25) is 0 Å². The quantitative estimate of drug-likeness (QED) is 0.694. The number of hydrogen-bond acceptors (Lipinski definition) is 5. The third-order valence-electron chi connectivity index (χ3n) is 3.59. The molecular weight excluding hydrogens is 222 g/mol. The van der Waals surface area contributed by atoms with Crippen LogP contribution >= 0.6 is 0 Å². The first-order valence-corrected chi connectivity index (χ1v) is 6.33. The van der Waals surface area contributed by atoms with E-state index in [0.717, 1.165) is 25.7 Å². The maximum Gasteiger partial charge on any atom is 0.323 e. The van der Waals surface area contributed by atoms with E-state index >= 15 is 0 Å². The minimum Gasteiger partial charge on any atom is -0.461 e. The SMILES string of the molecule is COC1CCCC(OC(=O)C2CC(O)CN2)C1. The van der Waals surface area contributed by atoms with Crippen molar-refractivity contribution in [3.8, 4) is 0 Å². The minimum absolute atomic E-state index is 0.0271. The third kappa shape index (κ3) is 3.40. The molecular formula is C12H21NO4. The lowest BCUT2D eigenvalue weighted by molar-refractivity contribution is -0.155. The topological polar surface area (TPSA) is 67.8 Å². The second-order valence-electron chi connectivity index (χ2n) is 4.93. The lowest BCUT2D eigenvalue weighted by atomic mass is 9.95. The van der Waals surface area contributed by atoms with E-state index in [4.69, 9.17) is 9.47 Å². The Bertz CT molecular complexity index is 271. The van der Waals surface area contributed by atoms with Gasteiger partial charge in [0.25, 0.3) is 0 Å². The fraction of sp³-hybridized carbons (Fsp3) is 0.917. The summed E-state index contributed by atoms with van der Waals surface area (Å²) < 4.78 is 10.8. The molecule has 1 aliphatic carbocycles. The average Bonchev–Trinajstić information content (AvgIpc) is 2.76. The summed E-state index contributed by atoms with van der Waals surface area (Å²) in [6.45, 7) is 0.477. The summed E-state index contributed by atoms with van der Waals surface area (Å²) in [4.78, 5) is 11.8. The van der Waals surface area contributed by atoms with Crippen LogP contribution in [0.4, 0.5) is 0 Å². The zero-order chi connectivity index (χ0) is 12.3. The van der Waals surface area contributed by atoms with Gasteiger partial charge in [-0.1, -0.05) is 0 Å². The molecule has 2 rings (SSSR count). The van der Waals surface area contributed by atoms with E-state index in [1.807, 2.05) is 0 Å². The maximum absolute atomic E-state index is 11.8. The van der Waals surface area contributed by atoms with Crippen molar-refractivity contribution in [3.05, 3.63) is 0 Å². The number of β-amino-alcohol motifs (C(OH)–C–C–N with tert-alkyl or cyclic N) is 1. The summed E-state index contributed by atoms with van der Waals surface area (Å²) >= 11 is 0. The Morgan fingerprint density at radius 2 is 2.06 bits per heavy atom. The number of ether oxygens (including phenoxy) is 2. The Morgan fingerprint density at radius 1 is 1.29 bits per heavy atom.